The van der Waals surface area contributed by atoms with Crippen LogP contribution in [-0.4, -0.2) is 90.9 Å². The van der Waals surface area contributed by atoms with E-state index in [1.54, 1.807) is 13.8 Å². The van der Waals surface area contributed by atoms with Crippen LogP contribution in [0.4, 0.5) is 37.7 Å². The highest BCUT2D eigenvalue weighted by atomic mass is 35.5. The third-order valence-corrected chi connectivity index (χ3v) is 11.5. The maximum absolute atomic E-state index is 13.3. The minimum absolute atomic E-state index is 0.195. The molecule has 15 nitrogen and oxygen atoms in total. The number of alkyl halides is 6. The van der Waals surface area contributed by atoms with Gasteiger partial charge in [0.2, 0.25) is 0 Å². The molecular formula is C34H34Cl2F6N6O9S2. The molecule has 2 aromatic heterocycles. The first kappa shape index (κ1) is 48.6. The summed E-state index contributed by atoms with van der Waals surface area (Å²) in [4.78, 5) is 41.0. The predicted molar refractivity (Wildman–Crippen MR) is 201 cm³/mol. The fourth-order valence-electron chi connectivity index (χ4n) is 4.68. The zero-order valence-corrected chi connectivity index (χ0v) is 34.9. The topological polar surface area (TPSA) is 178 Å². The van der Waals surface area contributed by atoms with Gasteiger partial charge < -0.3 is 4.74 Å². The molecule has 0 spiro atoms. The van der Waals surface area contributed by atoms with Crippen LogP contribution >= 0.6 is 23.2 Å². The minimum atomic E-state index is -4.87. The highest BCUT2D eigenvalue weighted by molar-refractivity contribution is 7.93. The van der Waals surface area contributed by atoms with Gasteiger partial charge in [0.1, 0.15) is 6.73 Å². The van der Waals surface area contributed by atoms with Crippen molar-refractivity contribution >= 4 is 66.4 Å². The summed E-state index contributed by atoms with van der Waals surface area (Å²) in [6.45, 7) is 2.60. The Balaban J connectivity index is 0.000000317. The van der Waals surface area contributed by atoms with Crippen LogP contribution in [0.1, 0.15) is 43.2 Å². The summed E-state index contributed by atoms with van der Waals surface area (Å²) in [7, 11) is -2.88. The van der Waals surface area contributed by atoms with Crippen molar-refractivity contribution in [2.75, 3.05) is 51.2 Å². The lowest BCUT2D eigenvalue weighted by atomic mass is 10.2. The summed E-state index contributed by atoms with van der Waals surface area (Å²) in [6.07, 6.45) is -7.04. The van der Waals surface area contributed by atoms with Gasteiger partial charge in [0, 0.05) is 33.6 Å². The average molecular weight is 920 g/mol. The second-order valence-corrected chi connectivity index (χ2v) is 16.3. The second-order valence-electron chi connectivity index (χ2n) is 11.9. The number of nitrogens with one attached hydrogen (secondary N) is 1. The van der Waals surface area contributed by atoms with E-state index in [9.17, 15) is 52.8 Å². The molecule has 0 unspecified atom stereocenters. The van der Waals surface area contributed by atoms with Gasteiger partial charge in [-0.15, -0.1) is 0 Å². The monoisotopic (exact) mass is 918 g/mol. The summed E-state index contributed by atoms with van der Waals surface area (Å²) in [5, 5.41) is 0.350. The third-order valence-electron chi connectivity index (χ3n) is 7.70. The number of hydroxylamine groups is 4. The standard InChI is InChI=1S/C18H19ClF3N3O5S.C16H15ClF3N3O4S/c1-11-7-15(16(23-9-11)17(26)24(2)30-4)25(10-29-3)31(27,28)12-5-6-14(19)13(8-12)18(20,21)22;1-9-6-13(14(21-8-9)15(24)23(2)27-3)22-28(25,26)10-4-5-12(17)11(7-10)16(18,19)20/h5-9H,10H2,1-4H3;4-8,22H,1-3H3. The second kappa shape index (κ2) is 19.1. The van der Waals surface area contributed by atoms with E-state index in [0.717, 1.165) is 34.4 Å². The lowest BCUT2D eigenvalue weighted by Gasteiger charge is -2.26. The van der Waals surface area contributed by atoms with Gasteiger partial charge in [-0.1, -0.05) is 23.2 Å². The van der Waals surface area contributed by atoms with Crippen LogP contribution in [0.5, 0.6) is 0 Å². The molecule has 0 fully saturated rings. The number of aromatic nitrogens is 2. The molecule has 2 aromatic carbocycles. The van der Waals surface area contributed by atoms with Crippen LogP contribution in [0.25, 0.3) is 0 Å². The number of anilines is 2. The van der Waals surface area contributed by atoms with Gasteiger partial charge in [-0.25, -0.2) is 41.2 Å². The Labute approximate surface area is 344 Å². The lowest BCUT2D eigenvalue weighted by Crippen LogP contribution is -2.36. The van der Waals surface area contributed by atoms with Crippen LogP contribution in [0, 0.1) is 13.8 Å². The number of carbonyl (C=O) groups is 2. The summed E-state index contributed by atoms with van der Waals surface area (Å²) < 4.78 is 138. The molecule has 0 saturated heterocycles. The van der Waals surface area contributed by atoms with Crippen molar-refractivity contribution < 1.29 is 67.2 Å². The summed E-state index contributed by atoms with van der Waals surface area (Å²) in [5.74, 6) is -1.53. The van der Waals surface area contributed by atoms with Gasteiger partial charge in [-0.2, -0.15) is 26.3 Å². The van der Waals surface area contributed by atoms with Gasteiger partial charge in [-0.3, -0.25) is 24.0 Å². The van der Waals surface area contributed by atoms with Gasteiger partial charge in [0.25, 0.3) is 31.9 Å². The summed E-state index contributed by atoms with van der Waals surface area (Å²) >= 11 is 11.1. The molecule has 0 bridgehead atoms. The smallest absolute Gasteiger partial charge is 0.363 e. The molecule has 4 rings (SSSR count). The highest BCUT2D eigenvalue weighted by Crippen LogP contribution is 2.38. The molecule has 1 N–H and O–H groups in total. The molecule has 322 valence electrons. The molecule has 4 aromatic rings. The number of pyridine rings is 2. The van der Waals surface area contributed by atoms with Crippen LogP contribution in [0.15, 0.2) is 70.7 Å². The van der Waals surface area contributed by atoms with Gasteiger partial charge >= 0.3 is 12.4 Å². The van der Waals surface area contributed by atoms with Crippen molar-refractivity contribution in [1.82, 2.24) is 20.1 Å². The number of nitrogens with zero attached hydrogens (tertiary/aromatic N) is 5. The number of rotatable bonds is 12. The molecule has 25 heteroatoms. The van der Waals surface area contributed by atoms with E-state index < -0.39 is 81.9 Å². The van der Waals surface area contributed by atoms with Gasteiger partial charge in [0.15, 0.2) is 11.4 Å². The fraction of sp³-hybridized carbons (Fsp3) is 0.294. The number of aryl methyl sites for hydroxylation is 2. The number of ether oxygens (including phenoxy) is 1. The van der Waals surface area contributed by atoms with Crippen LogP contribution in [-0.2, 0) is 46.8 Å². The number of sulfonamides is 2. The number of amides is 2. The maximum Gasteiger partial charge on any atom is 0.417 e. The predicted octanol–water partition coefficient (Wildman–Crippen LogP) is 6.99. The largest absolute Gasteiger partial charge is 0.417 e. The van der Waals surface area contributed by atoms with Gasteiger partial charge in [-0.05, 0) is 73.5 Å². The molecule has 0 saturated carbocycles. The summed E-state index contributed by atoms with van der Waals surface area (Å²) in [5.41, 5.74) is -2.60. The average Bonchev–Trinajstić information content (AvgIpc) is 3.15. The molecular weight excluding hydrogens is 885 g/mol. The Bertz CT molecular complexity index is 2430. The molecule has 0 atom stereocenters. The van der Waals surface area contributed by atoms with E-state index in [1.807, 2.05) is 0 Å². The SMILES string of the molecule is COCN(c1cc(C)cnc1C(=O)N(C)OC)S(=O)(=O)c1ccc(Cl)c(C(F)(F)F)c1.CON(C)C(=O)c1ncc(C)cc1NS(=O)(=O)c1ccc(Cl)c(C(F)(F)F)c1. The quantitative estimate of drug-likeness (QED) is 0.0880. The number of carbonyl (C=O) groups excluding carboxylic acids is 2. The molecule has 2 amide bonds. The van der Waals surface area contributed by atoms with Crippen molar-refractivity contribution in [3.63, 3.8) is 0 Å². The van der Waals surface area contributed by atoms with Crippen LogP contribution in [0.3, 0.4) is 0 Å². The molecule has 0 aliphatic carbocycles. The highest BCUT2D eigenvalue weighted by Gasteiger charge is 2.37. The molecule has 0 aliphatic rings. The Morgan fingerprint density at radius 3 is 1.63 bits per heavy atom. The fourth-order valence-corrected chi connectivity index (χ4v) is 7.61. The van der Waals surface area contributed by atoms with Crippen molar-refractivity contribution in [2.45, 2.75) is 36.0 Å². The summed E-state index contributed by atoms with van der Waals surface area (Å²) in [6, 6.07) is 7.03. The number of halogens is 8. The van der Waals surface area contributed by atoms with E-state index in [0.29, 0.717) is 27.6 Å². The molecule has 0 radical (unpaired) electrons. The first-order chi connectivity index (χ1) is 27.2. The van der Waals surface area contributed by atoms with Gasteiger partial charge in [0.05, 0.1) is 56.6 Å². The van der Waals surface area contributed by atoms with E-state index >= 15 is 0 Å². The number of hydrogen-bond donors (Lipinski definition) is 1. The van der Waals surface area contributed by atoms with E-state index in [-0.39, 0.29) is 22.8 Å². The number of hydrogen-bond acceptors (Lipinski definition) is 11. The van der Waals surface area contributed by atoms with Crippen molar-refractivity contribution in [3.8, 4) is 0 Å². The normalized spacial score (nSPS) is 12.0. The Morgan fingerprint density at radius 1 is 0.712 bits per heavy atom. The number of methoxy groups -OCH3 is 1. The molecule has 59 heavy (non-hydrogen) atoms. The van der Waals surface area contributed by atoms with Crippen molar-refractivity contribution in [2.24, 2.45) is 0 Å². The zero-order valence-electron chi connectivity index (χ0n) is 31.7. The molecule has 2 heterocycles. The van der Waals surface area contributed by atoms with E-state index in [1.165, 1.54) is 60.0 Å². The zero-order chi connectivity index (χ0) is 44.8. The molecule has 0 aliphatic heterocycles. The van der Waals surface area contributed by atoms with E-state index in [2.05, 4.69) is 14.7 Å². The maximum atomic E-state index is 13.3. The lowest BCUT2D eigenvalue weighted by molar-refractivity contribution is -0.138. The Hall–Kier alpha value is -4.78. The van der Waals surface area contributed by atoms with E-state index in [4.69, 9.17) is 37.6 Å². The Kier molecular flexibility index (Phi) is 15.7. The Morgan fingerprint density at radius 2 is 1.15 bits per heavy atom. The van der Waals surface area contributed by atoms with Crippen molar-refractivity contribution in [3.05, 3.63) is 105 Å². The number of benzene rings is 2. The first-order valence-electron chi connectivity index (χ1n) is 16.1. The minimum Gasteiger partial charge on any atom is -0.363 e. The van der Waals surface area contributed by atoms with Crippen LogP contribution in [0.2, 0.25) is 10.0 Å². The third kappa shape index (κ3) is 11.7. The first-order valence-corrected chi connectivity index (χ1v) is 19.7. The van der Waals surface area contributed by atoms with Crippen LogP contribution < -0.4 is 9.03 Å². The van der Waals surface area contributed by atoms with Crippen molar-refractivity contribution in [1.29, 1.82) is 0 Å².